The number of hydrogen-bond donors (Lipinski definition) is 1. The highest BCUT2D eigenvalue weighted by atomic mass is 19.4. The fraction of sp³-hybridized carbons (Fsp3) is 0.389. The molecule has 0 saturated carbocycles. The maximum atomic E-state index is 12.5. The van der Waals surface area contributed by atoms with Crippen molar-refractivity contribution in [2.24, 2.45) is 5.92 Å². The van der Waals surface area contributed by atoms with Crippen LogP contribution in [0.3, 0.4) is 0 Å². The van der Waals surface area contributed by atoms with Crippen molar-refractivity contribution >= 4 is 5.91 Å². The number of alkyl halides is 3. The van der Waals surface area contributed by atoms with E-state index in [2.05, 4.69) is 14.6 Å². The molecule has 3 heterocycles. The molecule has 2 saturated heterocycles. The molecule has 2 aliphatic rings. The van der Waals surface area contributed by atoms with Gasteiger partial charge in [-0.2, -0.15) is 13.2 Å². The van der Waals surface area contributed by atoms with E-state index in [1.165, 1.54) is 12.1 Å². The van der Waals surface area contributed by atoms with Gasteiger partial charge < -0.3 is 19.4 Å². The molecule has 1 N–H and O–H groups in total. The first-order valence-electron chi connectivity index (χ1n) is 8.37. The van der Waals surface area contributed by atoms with Gasteiger partial charge in [-0.3, -0.25) is 4.79 Å². The summed E-state index contributed by atoms with van der Waals surface area (Å²) in [4.78, 5) is 14.7. The van der Waals surface area contributed by atoms with Gasteiger partial charge in [0.25, 0.3) is 11.9 Å². The van der Waals surface area contributed by atoms with Crippen molar-refractivity contribution < 1.29 is 27.1 Å². The van der Waals surface area contributed by atoms with Crippen LogP contribution in [0.15, 0.2) is 40.8 Å². The van der Waals surface area contributed by atoms with Crippen molar-refractivity contribution in [1.29, 1.82) is 0 Å². The highest BCUT2D eigenvalue weighted by molar-refractivity contribution is 5.94. The average molecular weight is 366 g/mol. The third-order valence-electron chi connectivity index (χ3n) is 4.84. The van der Waals surface area contributed by atoms with Crippen LogP contribution in [0.1, 0.15) is 22.5 Å². The lowest BCUT2D eigenvalue weighted by molar-refractivity contribution is -0.153. The minimum absolute atomic E-state index is 0.160. The molecular weight excluding hydrogens is 349 g/mol. The Hall–Kier alpha value is -2.48. The van der Waals surface area contributed by atoms with E-state index in [-0.39, 0.29) is 23.6 Å². The highest BCUT2D eigenvalue weighted by Crippen LogP contribution is 2.34. The van der Waals surface area contributed by atoms with Gasteiger partial charge in [-0.05, 0) is 49.2 Å². The van der Waals surface area contributed by atoms with E-state index in [9.17, 15) is 18.0 Å². The zero-order valence-electron chi connectivity index (χ0n) is 13.8. The molecule has 4 rings (SSSR count). The summed E-state index contributed by atoms with van der Waals surface area (Å²) in [6, 6.07) is 8.29. The van der Waals surface area contributed by atoms with Gasteiger partial charge in [-0.1, -0.05) is 0 Å². The summed E-state index contributed by atoms with van der Waals surface area (Å²) in [6.45, 7) is 3.03. The zero-order chi connectivity index (χ0) is 18.3. The summed E-state index contributed by atoms with van der Waals surface area (Å²) >= 11 is 0. The van der Waals surface area contributed by atoms with Crippen molar-refractivity contribution in [3.8, 4) is 11.7 Å². The van der Waals surface area contributed by atoms with Crippen LogP contribution in [0.4, 0.5) is 13.2 Å². The molecule has 0 spiro atoms. The second-order valence-corrected chi connectivity index (χ2v) is 6.63. The van der Waals surface area contributed by atoms with Gasteiger partial charge in [0.05, 0.1) is 0 Å². The molecule has 3 atom stereocenters. The Balaban J connectivity index is 1.37. The van der Waals surface area contributed by atoms with Crippen LogP contribution in [0.25, 0.3) is 0 Å². The summed E-state index contributed by atoms with van der Waals surface area (Å²) in [7, 11) is 0. The number of carbonyl (C=O) groups excluding carboxylic acids is 1. The normalized spacial score (nSPS) is 24.7. The number of ether oxygens (including phenoxy) is 1. The smallest absolute Gasteiger partial charge is 0.426 e. The summed E-state index contributed by atoms with van der Waals surface area (Å²) in [5.41, 5.74) is 0.477. The molecule has 2 unspecified atom stereocenters. The Morgan fingerprint density at radius 3 is 2.50 bits per heavy atom. The number of fused-ring (bicyclic) bond motifs is 2. The molecule has 8 heteroatoms. The first-order valence-corrected chi connectivity index (χ1v) is 8.37. The van der Waals surface area contributed by atoms with Gasteiger partial charge in [-0.15, -0.1) is 0 Å². The second-order valence-electron chi connectivity index (χ2n) is 6.63. The van der Waals surface area contributed by atoms with Gasteiger partial charge in [0.15, 0.2) is 0 Å². The third kappa shape index (κ3) is 3.41. The molecule has 1 aromatic carbocycles. The molecule has 0 radical (unpaired) electrons. The number of rotatable bonds is 4. The van der Waals surface area contributed by atoms with Crippen molar-refractivity contribution in [2.75, 3.05) is 19.6 Å². The quantitative estimate of drug-likeness (QED) is 0.900. The van der Waals surface area contributed by atoms with E-state index in [0.717, 1.165) is 38.2 Å². The fourth-order valence-corrected chi connectivity index (χ4v) is 3.52. The van der Waals surface area contributed by atoms with Crippen molar-refractivity contribution in [3.05, 3.63) is 47.7 Å². The molecule has 26 heavy (non-hydrogen) atoms. The number of amides is 1. The van der Waals surface area contributed by atoms with E-state index >= 15 is 0 Å². The first kappa shape index (κ1) is 17.0. The number of carbonyl (C=O) groups is 1. The number of nitrogens with one attached hydrogen (secondary N) is 1. The standard InChI is InChI=1S/C18H17F3N2O3/c19-18(20,21)15-5-6-16(26-15)25-13-3-1-11(2-4-13)17(24)22-14-10-23-8-7-12(14)9-23/h1-6,12,14H,7-10H2,(H,22,24)/t12-,14?/m0/s1. The maximum absolute atomic E-state index is 12.5. The number of furan rings is 1. The summed E-state index contributed by atoms with van der Waals surface area (Å²) in [5.74, 6) is -0.734. The monoisotopic (exact) mass is 366 g/mol. The van der Waals surface area contributed by atoms with Gasteiger partial charge in [0, 0.05) is 30.8 Å². The minimum Gasteiger partial charge on any atom is -0.426 e. The van der Waals surface area contributed by atoms with E-state index in [1.54, 1.807) is 12.1 Å². The molecule has 0 aliphatic carbocycles. The van der Waals surface area contributed by atoms with Crippen LogP contribution >= 0.6 is 0 Å². The van der Waals surface area contributed by atoms with E-state index in [0.29, 0.717) is 11.5 Å². The lowest BCUT2D eigenvalue weighted by atomic mass is 9.99. The van der Waals surface area contributed by atoms with Crippen LogP contribution in [0.5, 0.6) is 11.7 Å². The number of piperidine rings is 1. The molecular formula is C18H17F3N2O3. The van der Waals surface area contributed by atoms with E-state index in [1.807, 2.05) is 0 Å². The van der Waals surface area contributed by atoms with Crippen molar-refractivity contribution in [1.82, 2.24) is 10.2 Å². The van der Waals surface area contributed by atoms with Crippen LogP contribution in [-0.4, -0.2) is 36.5 Å². The molecule has 5 nitrogen and oxygen atoms in total. The summed E-state index contributed by atoms with van der Waals surface area (Å²) in [6.07, 6.45) is -3.44. The lowest BCUT2D eigenvalue weighted by Crippen LogP contribution is -2.43. The predicted molar refractivity (Wildman–Crippen MR) is 86.0 cm³/mol. The average Bonchev–Trinajstić information content (AvgIpc) is 3.31. The third-order valence-corrected chi connectivity index (χ3v) is 4.84. The fourth-order valence-electron chi connectivity index (χ4n) is 3.52. The molecule has 2 bridgehead atoms. The molecule has 1 amide bonds. The Kier molecular flexibility index (Phi) is 4.14. The SMILES string of the molecule is O=C(NC1CN2CC[C@H]1C2)c1ccc(Oc2ccc(C(F)(F)F)o2)cc1. The number of halogens is 3. The molecule has 2 fully saturated rings. The Labute approximate surface area is 147 Å². The van der Waals surface area contributed by atoms with Crippen molar-refractivity contribution in [3.63, 3.8) is 0 Å². The van der Waals surface area contributed by atoms with Crippen LogP contribution < -0.4 is 10.1 Å². The van der Waals surface area contributed by atoms with Crippen LogP contribution in [-0.2, 0) is 6.18 Å². The van der Waals surface area contributed by atoms with Gasteiger partial charge in [0.1, 0.15) is 5.75 Å². The molecule has 2 aromatic rings. The molecule has 2 aliphatic heterocycles. The first-order chi connectivity index (χ1) is 12.4. The Morgan fingerprint density at radius 1 is 1.15 bits per heavy atom. The maximum Gasteiger partial charge on any atom is 0.449 e. The summed E-state index contributed by atoms with van der Waals surface area (Å²) < 4.78 is 47.4. The lowest BCUT2D eigenvalue weighted by Gasteiger charge is -2.23. The van der Waals surface area contributed by atoms with Crippen molar-refractivity contribution in [2.45, 2.75) is 18.6 Å². The minimum atomic E-state index is -4.56. The van der Waals surface area contributed by atoms with E-state index in [4.69, 9.17) is 4.74 Å². The Bertz CT molecular complexity index is 801. The van der Waals surface area contributed by atoms with Crippen LogP contribution in [0, 0.1) is 5.92 Å². The topological polar surface area (TPSA) is 54.7 Å². The van der Waals surface area contributed by atoms with Gasteiger partial charge >= 0.3 is 6.18 Å². The van der Waals surface area contributed by atoms with Gasteiger partial charge in [0.2, 0.25) is 5.76 Å². The summed E-state index contributed by atoms with van der Waals surface area (Å²) in [5, 5.41) is 3.05. The van der Waals surface area contributed by atoms with E-state index < -0.39 is 11.9 Å². The number of benzene rings is 1. The zero-order valence-corrected chi connectivity index (χ0v) is 13.8. The largest absolute Gasteiger partial charge is 0.449 e. The Morgan fingerprint density at radius 2 is 1.92 bits per heavy atom. The highest BCUT2D eigenvalue weighted by Gasteiger charge is 2.38. The second kappa shape index (κ2) is 6.35. The van der Waals surface area contributed by atoms with Crippen LogP contribution in [0.2, 0.25) is 0 Å². The number of hydrogen-bond acceptors (Lipinski definition) is 4. The van der Waals surface area contributed by atoms with Gasteiger partial charge in [-0.25, -0.2) is 0 Å². The predicted octanol–water partition coefficient (Wildman–Crippen LogP) is 3.52. The molecule has 138 valence electrons. The number of nitrogens with zero attached hydrogens (tertiary/aromatic N) is 1. The molecule has 1 aromatic heterocycles.